The largest absolute Gasteiger partial charge is 0.344 e. The molecule has 0 fully saturated rings. The Bertz CT molecular complexity index is 1510. The van der Waals surface area contributed by atoms with Crippen molar-refractivity contribution in [2.24, 2.45) is 0 Å². The van der Waals surface area contributed by atoms with Crippen LogP contribution in [0.5, 0.6) is 0 Å². The minimum Gasteiger partial charge on any atom is -0.344 e. The van der Waals surface area contributed by atoms with Crippen molar-refractivity contribution in [1.29, 1.82) is 0 Å². The van der Waals surface area contributed by atoms with Crippen molar-refractivity contribution in [3.05, 3.63) is 77.5 Å². The number of hydrogen-bond donors (Lipinski definition) is 0. The fraction of sp³-hybridized carbons (Fsp3) is 0.300. The molecular formula is C30H31N3. The number of para-hydroxylation sites is 1. The lowest BCUT2D eigenvalue weighted by Gasteiger charge is -2.31. The standard InChI is InChI=1S/C30H31N3/c1-4-17-32-18-16-23-25(19-32)30(28-20(3)33(5-2)27-13-9-8-12-24(27)28)31-26-15-14-21-10-6-7-11-22(21)29(23)26/h6-15H,4-5,16-19H2,1-3H3. The summed E-state index contributed by atoms with van der Waals surface area (Å²) in [5.74, 6) is 0. The second-order valence-corrected chi connectivity index (χ2v) is 9.35. The van der Waals surface area contributed by atoms with Gasteiger partial charge in [-0.1, -0.05) is 55.5 Å². The molecular weight excluding hydrogens is 402 g/mol. The van der Waals surface area contributed by atoms with Crippen molar-refractivity contribution < 1.29 is 0 Å². The fourth-order valence-electron chi connectivity index (χ4n) is 6.02. The quantitative estimate of drug-likeness (QED) is 0.282. The molecule has 3 heteroatoms. The molecule has 3 nitrogen and oxygen atoms in total. The number of pyridine rings is 1. The zero-order valence-corrected chi connectivity index (χ0v) is 19.9. The summed E-state index contributed by atoms with van der Waals surface area (Å²) < 4.78 is 2.44. The van der Waals surface area contributed by atoms with E-state index in [1.807, 2.05) is 0 Å². The third-order valence-electron chi connectivity index (χ3n) is 7.47. The van der Waals surface area contributed by atoms with Crippen LogP contribution in [0, 0.1) is 6.92 Å². The van der Waals surface area contributed by atoms with Crippen LogP contribution in [0.1, 0.15) is 37.1 Å². The Balaban J connectivity index is 1.72. The van der Waals surface area contributed by atoms with E-state index in [-0.39, 0.29) is 0 Å². The van der Waals surface area contributed by atoms with Gasteiger partial charge < -0.3 is 4.57 Å². The first-order valence-electron chi connectivity index (χ1n) is 12.3. The van der Waals surface area contributed by atoms with E-state index in [0.29, 0.717) is 0 Å². The molecule has 0 amide bonds. The summed E-state index contributed by atoms with van der Waals surface area (Å²) in [6.45, 7) is 11.0. The first kappa shape index (κ1) is 20.4. The molecule has 1 aliphatic rings. The maximum absolute atomic E-state index is 5.42. The van der Waals surface area contributed by atoms with Crippen molar-refractivity contribution in [2.45, 2.75) is 46.7 Å². The highest BCUT2D eigenvalue weighted by Crippen LogP contribution is 2.41. The summed E-state index contributed by atoms with van der Waals surface area (Å²) >= 11 is 0. The van der Waals surface area contributed by atoms with Gasteiger partial charge in [0.2, 0.25) is 0 Å². The van der Waals surface area contributed by atoms with E-state index in [2.05, 4.69) is 90.9 Å². The SMILES string of the molecule is CCCN1CCc2c(c(-c3c(C)n(CC)c4ccccc34)nc3ccc4ccccc4c23)C1. The molecule has 5 aromatic rings. The van der Waals surface area contributed by atoms with Crippen molar-refractivity contribution in [3.63, 3.8) is 0 Å². The van der Waals surface area contributed by atoms with E-state index in [1.54, 1.807) is 0 Å². The van der Waals surface area contributed by atoms with E-state index in [9.17, 15) is 0 Å². The molecule has 6 rings (SSSR count). The van der Waals surface area contributed by atoms with Crippen LogP contribution in [0.25, 0.3) is 43.8 Å². The Kier molecular flexibility index (Phi) is 4.95. The lowest BCUT2D eigenvalue weighted by atomic mass is 9.89. The van der Waals surface area contributed by atoms with Gasteiger partial charge in [-0.3, -0.25) is 4.90 Å². The van der Waals surface area contributed by atoms with Crippen molar-refractivity contribution in [1.82, 2.24) is 14.5 Å². The predicted octanol–water partition coefficient (Wildman–Crippen LogP) is 7.11. The number of benzene rings is 3. The number of nitrogens with zero attached hydrogens (tertiary/aromatic N) is 3. The molecule has 0 spiro atoms. The molecule has 3 heterocycles. The minimum absolute atomic E-state index is 0.967. The number of aromatic nitrogens is 2. The lowest BCUT2D eigenvalue weighted by molar-refractivity contribution is 0.255. The van der Waals surface area contributed by atoms with Crippen LogP contribution >= 0.6 is 0 Å². The van der Waals surface area contributed by atoms with Gasteiger partial charge in [-0.25, -0.2) is 4.98 Å². The predicted molar refractivity (Wildman–Crippen MR) is 140 cm³/mol. The lowest BCUT2D eigenvalue weighted by Crippen LogP contribution is -2.32. The Labute approximate surface area is 195 Å². The highest BCUT2D eigenvalue weighted by atomic mass is 15.1. The monoisotopic (exact) mass is 433 g/mol. The first-order chi connectivity index (χ1) is 16.2. The van der Waals surface area contributed by atoms with Crippen molar-refractivity contribution in [3.8, 4) is 11.3 Å². The smallest absolute Gasteiger partial charge is 0.0781 e. The number of rotatable bonds is 4. The zero-order chi connectivity index (χ0) is 22.5. The first-order valence-corrected chi connectivity index (χ1v) is 12.3. The minimum atomic E-state index is 0.967. The molecule has 33 heavy (non-hydrogen) atoms. The molecule has 0 radical (unpaired) electrons. The van der Waals surface area contributed by atoms with Crippen LogP contribution in [0.4, 0.5) is 0 Å². The molecule has 166 valence electrons. The normalized spacial score (nSPS) is 14.4. The van der Waals surface area contributed by atoms with E-state index >= 15 is 0 Å². The van der Waals surface area contributed by atoms with Crippen LogP contribution in [-0.4, -0.2) is 27.5 Å². The molecule has 0 aliphatic carbocycles. The molecule has 3 aromatic carbocycles. The van der Waals surface area contributed by atoms with Gasteiger partial charge >= 0.3 is 0 Å². The van der Waals surface area contributed by atoms with E-state index in [1.165, 1.54) is 61.6 Å². The van der Waals surface area contributed by atoms with Crippen LogP contribution in [0.2, 0.25) is 0 Å². The van der Waals surface area contributed by atoms with Crippen LogP contribution in [-0.2, 0) is 19.5 Å². The Morgan fingerprint density at radius 1 is 0.879 bits per heavy atom. The summed E-state index contributed by atoms with van der Waals surface area (Å²) in [7, 11) is 0. The van der Waals surface area contributed by atoms with E-state index < -0.39 is 0 Å². The van der Waals surface area contributed by atoms with Gasteiger partial charge in [0.05, 0.1) is 11.2 Å². The second kappa shape index (κ2) is 8.00. The molecule has 1 aliphatic heterocycles. The summed E-state index contributed by atoms with van der Waals surface area (Å²) in [6.07, 6.45) is 2.27. The van der Waals surface area contributed by atoms with Gasteiger partial charge in [0.1, 0.15) is 0 Å². The van der Waals surface area contributed by atoms with Gasteiger partial charge in [-0.15, -0.1) is 0 Å². The summed E-state index contributed by atoms with van der Waals surface area (Å²) in [5, 5.41) is 5.32. The third kappa shape index (κ3) is 3.10. The average Bonchev–Trinajstić information content (AvgIpc) is 3.14. The average molecular weight is 434 g/mol. The van der Waals surface area contributed by atoms with Crippen LogP contribution in [0.15, 0.2) is 60.7 Å². The zero-order valence-electron chi connectivity index (χ0n) is 19.9. The van der Waals surface area contributed by atoms with Gasteiger partial charge in [0.25, 0.3) is 0 Å². The Hall–Kier alpha value is -3.17. The van der Waals surface area contributed by atoms with Crippen LogP contribution < -0.4 is 0 Å². The molecule has 0 saturated heterocycles. The molecule has 0 unspecified atom stereocenters. The number of hydrogen-bond acceptors (Lipinski definition) is 2. The number of aryl methyl sites for hydroxylation is 1. The van der Waals surface area contributed by atoms with Gasteiger partial charge in [0, 0.05) is 47.2 Å². The Morgan fingerprint density at radius 2 is 1.67 bits per heavy atom. The van der Waals surface area contributed by atoms with Crippen molar-refractivity contribution in [2.75, 3.05) is 13.1 Å². The molecule has 0 bridgehead atoms. The maximum atomic E-state index is 5.42. The topological polar surface area (TPSA) is 21.1 Å². The summed E-state index contributed by atoms with van der Waals surface area (Å²) in [5.41, 5.74) is 9.20. The highest BCUT2D eigenvalue weighted by Gasteiger charge is 2.27. The Morgan fingerprint density at radius 3 is 2.48 bits per heavy atom. The summed E-state index contributed by atoms with van der Waals surface area (Å²) in [4.78, 5) is 8.03. The third-order valence-corrected chi connectivity index (χ3v) is 7.47. The molecule has 0 saturated carbocycles. The second-order valence-electron chi connectivity index (χ2n) is 9.35. The van der Waals surface area contributed by atoms with Gasteiger partial charge in [-0.05, 0) is 67.3 Å². The van der Waals surface area contributed by atoms with E-state index in [0.717, 1.165) is 38.1 Å². The van der Waals surface area contributed by atoms with Crippen molar-refractivity contribution >= 4 is 32.6 Å². The van der Waals surface area contributed by atoms with Gasteiger partial charge in [-0.2, -0.15) is 0 Å². The fourth-order valence-corrected chi connectivity index (χ4v) is 6.02. The van der Waals surface area contributed by atoms with E-state index in [4.69, 9.17) is 4.98 Å². The van der Waals surface area contributed by atoms with Crippen LogP contribution in [0.3, 0.4) is 0 Å². The molecule has 2 aromatic heterocycles. The number of fused-ring (bicyclic) bond motifs is 6. The van der Waals surface area contributed by atoms with Gasteiger partial charge in [0.15, 0.2) is 0 Å². The molecule has 0 atom stereocenters. The molecule has 0 N–H and O–H groups in total. The summed E-state index contributed by atoms with van der Waals surface area (Å²) in [6, 6.07) is 22.1. The maximum Gasteiger partial charge on any atom is 0.0781 e. The highest BCUT2D eigenvalue weighted by molar-refractivity contribution is 6.10.